The molecule has 1 amide bonds. The number of amides is 1. The van der Waals surface area contributed by atoms with Gasteiger partial charge in [-0.1, -0.05) is 26.0 Å². The van der Waals surface area contributed by atoms with Gasteiger partial charge in [0.25, 0.3) is 0 Å². The van der Waals surface area contributed by atoms with Crippen LogP contribution in [0.3, 0.4) is 0 Å². The Labute approximate surface area is 147 Å². The summed E-state index contributed by atoms with van der Waals surface area (Å²) < 4.78 is 38.3. The summed E-state index contributed by atoms with van der Waals surface area (Å²) in [4.78, 5) is 11.2. The van der Waals surface area contributed by atoms with E-state index >= 15 is 0 Å². The fourth-order valence-corrected chi connectivity index (χ4v) is 3.58. The fraction of sp³-hybridized carbons (Fsp3) is 0.632. The molecule has 0 aromatic heterocycles. The van der Waals surface area contributed by atoms with Gasteiger partial charge in [-0.05, 0) is 61.8 Å². The van der Waals surface area contributed by atoms with Gasteiger partial charge in [0.2, 0.25) is 5.91 Å². The first-order valence-corrected chi connectivity index (χ1v) is 8.88. The summed E-state index contributed by atoms with van der Waals surface area (Å²) in [6, 6.07) is 7.30. The van der Waals surface area contributed by atoms with Crippen LogP contribution in [0.25, 0.3) is 0 Å². The van der Waals surface area contributed by atoms with Gasteiger partial charge in [0.15, 0.2) is 0 Å². The average Bonchev–Trinajstić information content (AvgIpc) is 2.55. The summed E-state index contributed by atoms with van der Waals surface area (Å²) >= 11 is 0. The number of halogens is 3. The van der Waals surface area contributed by atoms with Gasteiger partial charge in [-0.25, -0.2) is 0 Å². The zero-order valence-corrected chi connectivity index (χ0v) is 14.8. The van der Waals surface area contributed by atoms with Crippen LogP contribution >= 0.6 is 0 Å². The first kappa shape index (κ1) is 19.8. The summed E-state index contributed by atoms with van der Waals surface area (Å²) in [5, 5.41) is 3.51. The van der Waals surface area contributed by atoms with Crippen molar-refractivity contribution in [2.45, 2.75) is 51.7 Å². The molecule has 0 aliphatic heterocycles. The van der Waals surface area contributed by atoms with E-state index in [1.807, 2.05) is 12.1 Å². The minimum Gasteiger partial charge on any atom is -0.366 e. The van der Waals surface area contributed by atoms with Gasteiger partial charge in [0, 0.05) is 11.6 Å². The van der Waals surface area contributed by atoms with Gasteiger partial charge in [0.1, 0.15) is 0 Å². The van der Waals surface area contributed by atoms with Crippen LogP contribution in [0.5, 0.6) is 0 Å². The van der Waals surface area contributed by atoms with Crippen molar-refractivity contribution in [2.75, 3.05) is 6.54 Å². The molecule has 3 N–H and O–H groups in total. The predicted octanol–water partition coefficient (Wildman–Crippen LogP) is 4.44. The van der Waals surface area contributed by atoms with E-state index in [0.29, 0.717) is 30.9 Å². The molecule has 1 atom stereocenters. The first-order valence-electron chi connectivity index (χ1n) is 8.88. The zero-order chi connectivity index (χ0) is 18.6. The van der Waals surface area contributed by atoms with Crippen LogP contribution in [0.2, 0.25) is 0 Å². The number of benzene rings is 1. The summed E-state index contributed by atoms with van der Waals surface area (Å²) in [7, 11) is 0. The number of hydrogen-bond acceptors (Lipinski definition) is 2. The Morgan fingerprint density at radius 3 is 2.16 bits per heavy atom. The van der Waals surface area contributed by atoms with E-state index in [1.165, 1.54) is 0 Å². The number of carbonyl (C=O) groups is 1. The molecule has 0 saturated heterocycles. The van der Waals surface area contributed by atoms with Gasteiger partial charge in [0.05, 0.1) is 5.92 Å². The third kappa shape index (κ3) is 5.46. The van der Waals surface area contributed by atoms with Gasteiger partial charge < -0.3 is 11.1 Å². The number of primary amides is 1. The molecule has 2 rings (SSSR count). The summed E-state index contributed by atoms with van der Waals surface area (Å²) in [6.07, 6.45) is -2.36. The molecule has 1 aliphatic carbocycles. The lowest BCUT2D eigenvalue weighted by atomic mass is 9.81. The lowest BCUT2D eigenvalue weighted by molar-refractivity contribution is -0.183. The van der Waals surface area contributed by atoms with Crippen molar-refractivity contribution in [3.8, 4) is 0 Å². The van der Waals surface area contributed by atoms with Gasteiger partial charge in [-0.3, -0.25) is 4.79 Å². The molecule has 25 heavy (non-hydrogen) atoms. The molecule has 6 heteroatoms. The van der Waals surface area contributed by atoms with Crippen molar-refractivity contribution in [1.82, 2.24) is 5.32 Å². The Bertz CT molecular complexity index is 561. The molecule has 0 bridgehead atoms. The van der Waals surface area contributed by atoms with Crippen molar-refractivity contribution in [3.05, 3.63) is 35.4 Å². The quantitative estimate of drug-likeness (QED) is 0.792. The Hall–Kier alpha value is -1.56. The minimum absolute atomic E-state index is 0.0993. The fourth-order valence-electron chi connectivity index (χ4n) is 3.58. The maximum Gasteiger partial charge on any atom is 0.391 e. The smallest absolute Gasteiger partial charge is 0.366 e. The third-order valence-electron chi connectivity index (χ3n) is 5.16. The first-order chi connectivity index (χ1) is 11.7. The van der Waals surface area contributed by atoms with Crippen LogP contribution in [0.1, 0.15) is 61.5 Å². The summed E-state index contributed by atoms with van der Waals surface area (Å²) in [5.41, 5.74) is 6.79. The van der Waals surface area contributed by atoms with Crippen molar-refractivity contribution in [3.63, 3.8) is 0 Å². The number of carbonyl (C=O) groups excluding carboxylic acids is 1. The number of hydrogen-bond donors (Lipinski definition) is 2. The highest BCUT2D eigenvalue weighted by Gasteiger charge is 2.41. The lowest BCUT2D eigenvalue weighted by Crippen LogP contribution is -2.34. The van der Waals surface area contributed by atoms with E-state index in [2.05, 4.69) is 19.2 Å². The number of rotatable bonds is 6. The predicted molar refractivity (Wildman–Crippen MR) is 92.0 cm³/mol. The zero-order valence-electron chi connectivity index (χ0n) is 14.8. The van der Waals surface area contributed by atoms with Gasteiger partial charge in [-0.2, -0.15) is 13.2 Å². The van der Waals surface area contributed by atoms with Crippen LogP contribution in [0.4, 0.5) is 13.2 Å². The van der Waals surface area contributed by atoms with Gasteiger partial charge in [-0.15, -0.1) is 0 Å². The summed E-state index contributed by atoms with van der Waals surface area (Å²) in [6.45, 7) is 4.91. The number of alkyl halides is 3. The molecule has 1 saturated carbocycles. The van der Waals surface area contributed by atoms with Crippen LogP contribution in [-0.4, -0.2) is 18.6 Å². The Balaban J connectivity index is 1.91. The SMILES string of the molecule is CC(C)C(NCC1CCC(C(F)(F)F)CC1)c1ccc(C(N)=O)cc1. The average molecular weight is 356 g/mol. The molecule has 3 nitrogen and oxygen atoms in total. The highest BCUT2D eigenvalue weighted by Crippen LogP contribution is 2.39. The minimum atomic E-state index is -4.05. The van der Waals surface area contributed by atoms with Gasteiger partial charge >= 0.3 is 6.18 Å². The van der Waals surface area contributed by atoms with Crippen molar-refractivity contribution < 1.29 is 18.0 Å². The summed E-state index contributed by atoms with van der Waals surface area (Å²) in [5.74, 6) is -0.983. The molecular weight excluding hydrogens is 329 g/mol. The van der Waals surface area contributed by atoms with E-state index < -0.39 is 18.0 Å². The van der Waals surface area contributed by atoms with Crippen LogP contribution in [0, 0.1) is 17.8 Å². The molecule has 1 unspecified atom stereocenters. The molecule has 140 valence electrons. The monoisotopic (exact) mass is 356 g/mol. The highest BCUT2D eigenvalue weighted by atomic mass is 19.4. The molecule has 1 fully saturated rings. The maximum absolute atomic E-state index is 12.8. The molecule has 1 aromatic carbocycles. The van der Waals surface area contributed by atoms with Crippen LogP contribution < -0.4 is 11.1 Å². The van der Waals surface area contributed by atoms with E-state index in [9.17, 15) is 18.0 Å². The van der Waals surface area contributed by atoms with Crippen molar-refractivity contribution in [1.29, 1.82) is 0 Å². The van der Waals surface area contributed by atoms with Crippen LogP contribution in [-0.2, 0) is 0 Å². The number of nitrogens with two attached hydrogens (primary N) is 1. The highest BCUT2D eigenvalue weighted by molar-refractivity contribution is 5.92. The largest absolute Gasteiger partial charge is 0.391 e. The second kappa shape index (κ2) is 8.21. The third-order valence-corrected chi connectivity index (χ3v) is 5.16. The molecule has 0 radical (unpaired) electrons. The number of nitrogens with one attached hydrogen (secondary N) is 1. The Morgan fingerprint density at radius 2 is 1.72 bits per heavy atom. The normalized spacial score (nSPS) is 22.8. The second-order valence-electron chi connectivity index (χ2n) is 7.38. The maximum atomic E-state index is 12.8. The Kier molecular flexibility index (Phi) is 6.49. The van der Waals surface area contributed by atoms with E-state index in [1.54, 1.807) is 12.1 Å². The van der Waals surface area contributed by atoms with E-state index in [-0.39, 0.29) is 24.8 Å². The molecule has 1 aliphatic rings. The molecule has 0 spiro atoms. The van der Waals surface area contributed by atoms with E-state index in [4.69, 9.17) is 5.73 Å². The van der Waals surface area contributed by atoms with Crippen molar-refractivity contribution in [2.24, 2.45) is 23.5 Å². The molecule has 0 heterocycles. The molecule has 1 aromatic rings. The lowest BCUT2D eigenvalue weighted by Gasteiger charge is -2.32. The standard InChI is InChI=1S/C19H27F3N2O/c1-12(2)17(14-5-7-15(8-6-14)18(23)25)24-11-13-3-9-16(10-4-13)19(20,21)22/h5-8,12-13,16-17,24H,3-4,9-11H2,1-2H3,(H2,23,25). The van der Waals surface area contributed by atoms with Crippen LogP contribution in [0.15, 0.2) is 24.3 Å². The second-order valence-corrected chi connectivity index (χ2v) is 7.38. The topological polar surface area (TPSA) is 55.1 Å². The Morgan fingerprint density at radius 1 is 1.16 bits per heavy atom. The molecular formula is C19H27F3N2O. The van der Waals surface area contributed by atoms with E-state index in [0.717, 1.165) is 5.56 Å². The van der Waals surface area contributed by atoms with Crippen molar-refractivity contribution >= 4 is 5.91 Å².